The standard InChI is InChI=1S/C21H15ClN2O2S/c22-14-5-3-13(4-6-14)17-10-9-16-19(23)20(27-21(16)24-17)18(26)11-12-1-7-15(25)8-2-12/h1-10,25H,11,23H2. The number of phenolic OH excluding ortho intramolecular Hbond substituents is 1. The number of aromatic nitrogens is 1. The van der Waals surface area contributed by atoms with Crippen LogP contribution in [-0.2, 0) is 6.42 Å². The highest BCUT2D eigenvalue weighted by Crippen LogP contribution is 2.35. The van der Waals surface area contributed by atoms with Crippen LogP contribution in [0, 0.1) is 0 Å². The predicted molar refractivity (Wildman–Crippen MR) is 111 cm³/mol. The first-order valence-electron chi connectivity index (χ1n) is 8.27. The highest BCUT2D eigenvalue weighted by Gasteiger charge is 2.18. The number of aromatic hydroxyl groups is 1. The molecular weight excluding hydrogens is 380 g/mol. The normalized spacial score (nSPS) is 11.0. The number of thiophene rings is 1. The fourth-order valence-electron chi connectivity index (χ4n) is 2.87. The second-order valence-electron chi connectivity index (χ2n) is 6.17. The molecule has 0 aliphatic carbocycles. The molecule has 0 bridgehead atoms. The van der Waals surface area contributed by atoms with Crippen LogP contribution in [-0.4, -0.2) is 15.9 Å². The number of carbonyl (C=O) groups is 1. The average Bonchev–Trinajstić information content (AvgIpc) is 3.00. The van der Waals surface area contributed by atoms with Crippen molar-refractivity contribution in [2.75, 3.05) is 5.73 Å². The predicted octanol–water partition coefficient (Wildman–Crippen LogP) is 5.33. The highest BCUT2D eigenvalue weighted by atomic mass is 35.5. The van der Waals surface area contributed by atoms with Gasteiger partial charge in [0.1, 0.15) is 10.6 Å². The van der Waals surface area contributed by atoms with Crippen molar-refractivity contribution in [2.45, 2.75) is 6.42 Å². The molecule has 2 heterocycles. The summed E-state index contributed by atoms with van der Waals surface area (Å²) in [5.41, 5.74) is 9.26. The lowest BCUT2D eigenvalue weighted by atomic mass is 10.1. The summed E-state index contributed by atoms with van der Waals surface area (Å²) in [5.74, 6) is 0.112. The fraction of sp³-hybridized carbons (Fsp3) is 0.0476. The lowest BCUT2D eigenvalue weighted by Crippen LogP contribution is -2.03. The number of hydrogen-bond acceptors (Lipinski definition) is 5. The van der Waals surface area contributed by atoms with E-state index in [0.29, 0.717) is 15.6 Å². The highest BCUT2D eigenvalue weighted by molar-refractivity contribution is 7.21. The van der Waals surface area contributed by atoms with Crippen LogP contribution in [0.1, 0.15) is 15.2 Å². The number of rotatable bonds is 4. The van der Waals surface area contributed by atoms with Crippen molar-refractivity contribution in [1.82, 2.24) is 4.98 Å². The van der Waals surface area contributed by atoms with E-state index in [1.54, 1.807) is 24.3 Å². The molecular formula is C21H15ClN2O2S. The van der Waals surface area contributed by atoms with E-state index in [4.69, 9.17) is 17.3 Å². The molecule has 2 aromatic carbocycles. The number of benzene rings is 2. The van der Waals surface area contributed by atoms with Crippen molar-refractivity contribution in [3.8, 4) is 17.0 Å². The van der Waals surface area contributed by atoms with Crippen molar-refractivity contribution in [3.63, 3.8) is 0 Å². The number of ketones is 1. The number of halogens is 1. The number of fused-ring (bicyclic) bond motifs is 1. The molecule has 4 aromatic rings. The molecule has 0 saturated carbocycles. The summed E-state index contributed by atoms with van der Waals surface area (Å²) in [6, 6.07) is 17.8. The first-order chi connectivity index (χ1) is 13.0. The van der Waals surface area contributed by atoms with Crippen LogP contribution in [0.5, 0.6) is 5.75 Å². The quantitative estimate of drug-likeness (QED) is 0.458. The monoisotopic (exact) mass is 394 g/mol. The van der Waals surface area contributed by atoms with Crippen LogP contribution in [0.25, 0.3) is 21.5 Å². The van der Waals surface area contributed by atoms with E-state index in [9.17, 15) is 9.90 Å². The number of pyridine rings is 1. The van der Waals surface area contributed by atoms with E-state index in [2.05, 4.69) is 4.98 Å². The van der Waals surface area contributed by atoms with Gasteiger partial charge in [-0.05, 0) is 42.0 Å². The molecule has 6 heteroatoms. The van der Waals surface area contributed by atoms with Crippen molar-refractivity contribution >= 4 is 44.6 Å². The Morgan fingerprint density at radius 3 is 2.44 bits per heavy atom. The van der Waals surface area contributed by atoms with Gasteiger partial charge in [-0.25, -0.2) is 4.98 Å². The number of nitrogen functional groups attached to an aromatic ring is 1. The number of nitrogens with two attached hydrogens (primary N) is 1. The molecule has 0 amide bonds. The van der Waals surface area contributed by atoms with Gasteiger partial charge in [0.2, 0.25) is 0 Å². The Morgan fingerprint density at radius 2 is 1.74 bits per heavy atom. The summed E-state index contributed by atoms with van der Waals surface area (Å²) in [5, 5.41) is 10.8. The van der Waals surface area contributed by atoms with Gasteiger partial charge in [0.25, 0.3) is 0 Å². The Morgan fingerprint density at radius 1 is 1.04 bits per heavy atom. The number of Topliss-reactive ketones (excluding diaryl/α,β-unsaturated/α-hetero) is 1. The van der Waals surface area contributed by atoms with E-state index < -0.39 is 0 Å². The largest absolute Gasteiger partial charge is 0.508 e. The number of anilines is 1. The molecule has 0 saturated heterocycles. The van der Waals surface area contributed by atoms with E-state index in [-0.39, 0.29) is 18.0 Å². The summed E-state index contributed by atoms with van der Waals surface area (Å²) in [4.78, 5) is 18.6. The Kier molecular flexibility index (Phi) is 4.56. The molecule has 0 spiro atoms. The molecule has 4 rings (SSSR count). The lowest BCUT2D eigenvalue weighted by Gasteiger charge is -2.01. The maximum atomic E-state index is 12.7. The third kappa shape index (κ3) is 3.52. The number of phenols is 1. The molecule has 0 unspecified atom stereocenters. The maximum absolute atomic E-state index is 12.7. The zero-order valence-corrected chi connectivity index (χ0v) is 15.7. The molecule has 27 heavy (non-hydrogen) atoms. The number of hydrogen-bond donors (Lipinski definition) is 2. The Labute approximate surface area is 164 Å². The van der Waals surface area contributed by atoms with Crippen LogP contribution in [0.2, 0.25) is 5.02 Å². The van der Waals surface area contributed by atoms with E-state index in [0.717, 1.165) is 27.0 Å². The minimum atomic E-state index is -0.0609. The fourth-order valence-corrected chi connectivity index (χ4v) is 4.02. The van der Waals surface area contributed by atoms with E-state index >= 15 is 0 Å². The van der Waals surface area contributed by atoms with Gasteiger partial charge in [-0.3, -0.25) is 4.79 Å². The van der Waals surface area contributed by atoms with Gasteiger partial charge in [-0.15, -0.1) is 11.3 Å². The second-order valence-corrected chi connectivity index (χ2v) is 7.60. The Balaban J connectivity index is 1.67. The first kappa shape index (κ1) is 17.5. The third-order valence-electron chi connectivity index (χ3n) is 4.29. The van der Waals surface area contributed by atoms with Gasteiger partial charge >= 0.3 is 0 Å². The SMILES string of the molecule is Nc1c(C(=O)Cc2ccc(O)cc2)sc2nc(-c3ccc(Cl)cc3)ccc12. The maximum Gasteiger partial charge on any atom is 0.179 e. The van der Waals surface area contributed by atoms with Crippen LogP contribution in [0.3, 0.4) is 0 Å². The van der Waals surface area contributed by atoms with Crippen molar-refractivity contribution < 1.29 is 9.90 Å². The molecule has 0 atom stereocenters. The van der Waals surface area contributed by atoms with Crippen LogP contribution >= 0.6 is 22.9 Å². The van der Waals surface area contributed by atoms with Gasteiger partial charge in [0.15, 0.2) is 5.78 Å². The number of carbonyl (C=O) groups excluding carboxylic acids is 1. The summed E-state index contributed by atoms with van der Waals surface area (Å²) >= 11 is 7.25. The minimum absolute atomic E-state index is 0.0609. The van der Waals surface area contributed by atoms with Crippen LogP contribution in [0.4, 0.5) is 5.69 Å². The molecule has 134 valence electrons. The Bertz CT molecular complexity index is 1140. The van der Waals surface area contributed by atoms with Gasteiger partial charge in [-0.1, -0.05) is 35.9 Å². The topological polar surface area (TPSA) is 76.2 Å². The molecule has 0 radical (unpaired) electrons. The summed E-state index contributed by atoms with van der Waals surface area (Å²) in [7, 11) is 0. The smallest absolute Gasteiger partial charge is 0.179 e. The third-order valence-corrected chi connectivity index (χ3v) is 5.70. The summed E-state index contributed by atoms with van der Waals surface area (Å²) < 4.78 is 0. The van der Waals surface area contributed by atoms with Gasteiger partial charge < -0.3 is 10.8 Å². The lowest BCUT2D eigenvalue weighted by molar-refractivity contribution is 0.0997. The number of nitrogens with zero attached hydrogens (tertiary/aromatic N) is 1. The van der Waals surface area contributed by atoms with Crippen molar-refractivity contribution in [3.05, 3.63) is 76.1 Å². The summed E-state index contributed by atoms with van der Waals surface area (Å²) in [6.45, 7) is 0. The van der Waals surface area contributed by atoms with E-state index in [1.807, 2.05) is 36.4 Å². The van der Waals surface area contributed by atoms with Gasteiger partial charge in [-0.2, -0.15) is 0 Å². The van der Waals surface area contributed by atoms with Crippen LogP contribution in [0.15, 0.2) is 60.7 Å². The zero-order valence-electron chi connectivity index (χ0n) is 14.1. The zero-order chi connectivity index (χ0) is 19.0. The first-order valence-corrected chi connectivity index (χ1v) is 9.47. The van der Waals surface area contributed by atoms with Gasteiger partial charge in [0, 0.05) is 22.4 Å². The molecule has 3 N–H and O–H groups in total. The Hall–Kier alpha value is -2.89. The van der Waals surface area contributed by atoms with Crippen LogP contribution < -0.4 is 5.73 Å². The van der Waals surface area contributed by atoms with Crippen molar-refractivity contribution in [1.29, 1.82) is 0 Å². The second kappa shape index (κ2) is 7.02. The minimum Gasteiger partial charge on any atom is -0.508 e. The summed E-state index contributed by atoms with van der Waals surface area (Å²) in [6.07, 6.45) is 0.224. The molecule has 0 aliphatic rings. The van der Waals surface area contributed by atoms with E-state index in [1.165, 1.54) is 11.3 Å². The van der Waals surface area contributed by atoms with Gasteiger partial charge in [0.05, 0.1) is 16.3 Å². The molecule has 2 aromatic heterocycles. The average molecular weight is 395 g/mol. The van der Waals surface area contributed by atoms with Crippen molar-refractivity contribution in [2.24, 2.45) is 0 Å². The molecule has 4 nitrogen and oxygen atoms in total. The molecule has 0 fully saturated rings. The molecule has 0 aliphatic heterocycles.